The molecule has 0 heterocycles. The van der Waals surface area contributed by atoms with E-state index in [1.807, 2.05) is 13.8 Å². The molecule has 82 valence electrons. The predicted molar refractivity (Wildman–Crippen MR) is 54.9 cm³/mol. The van der Waals surface area contributed by atoms with Crippen molar-refractivity contribution in [2.45, 2.75) is 32.8 Å². The van der Waals surface area contributed by atoms with Gasteiger partial charge in [0.2, 0.25) is 0 Å². The monoisotopic (exact) mass is 201 g/mol. The topological polar surface area (TPSA) is 69.6 Å². The number of aliphatic carboxylic acids is 1. The zero-order valence-corrected chi connectivity index (χ0v) is 8.73. The Hall–Kier alpha value is -1.03. The molecule has 0 saturated heterocycles. The maximum absolute atomic E-state index is 10.1. The molecule has 0 aromatic carbocycles. The summed E-state index contributed by atoms with van der Waals surface area (Å²) in [5.41, 5.74) is 0. The molecule has 3 N–H and O–H groups in total. The number of nitrogens with one attached hydrogen (secondary N) is 1. The second kappa shape index (κ2) is 7.38. The minimum Gasteiger partial charge on any atom is -0.478 e. The van der Waals surface area contributed by atoms with Gasteiger partial charge in [-0.15, -0.1) is 0 Å². The van der Waals surface area contributed by atoms with Gasteiger partial charge in [-0.05, 0) is 5.92 Å². The molecule has 0 amide bonds. The third-order valence-electron chi connectivity index (χ3n) is 2.26. The van der Waals surface area contributed by atoms with E-state index in [9.17, 15) is 9.90 Å². The van der Waals surface area contributed by atoms with Crippen LogP contribution in [-0.4, -0.2) is 28.8 Å². The van der Waals surface area contributed by atoms with E-state index in [2.05, 4.69) is 5.32 Å². The van der Waals surface area contributed by atoms with E-state index in [1.165, 1.54) is 6.20 Å². The maximum atomic E-state index is 10.1. The molecule has 0 rings (SSSR count). The van der Waals surface area contributed by atoms with E-state index in [-0.39, 0.29) is 5.92 Å². The molecule has 0 aliphatic rings. The number of carbonyl (C=O) groups is 1. The van der Waals surface area contributed by atoms with Gasteiger partial charge in [0.1, 0.15) is 0 Å². The number of aliphatic hydroxyl groups excluding tert-OH is 1. The molecule has 0 aromatic rings. The lowest BCUT2D eigenvalue weighted by Crippen LogP contribution is -2.30. The van der Waals surface area contributed by atoms with Crippen LogP contribution in [0.1, 0.15) is 26.7 Å². The number of rotatable bonds is 7. The minimum atomic E-state index is -0.991. The van der Waals surface area contributed by atoms with Crippen LogP contribution in [0.3, 0.4) is 0 Å². The Morgan fingerprint density at radius 1 is 1.43 bits per heavy atom. The van der Waals surface area contributed by atoms with Gasteiger partial charge >= 0.3 is 5.97 Å². The van der Waals surface area contributed by atoms with Crippen molar-refractivity contribution in [3.8, 4) is 0 Å². The number of hydrogen-bond acceptors (Lipinski definition) is 3. The maximum Gasteiger partial charge on any atom is 0.329 e. The van der Waals surface area contributed by atoms with Gasteiger partial charge < -0.3 is 15.5 Å². The Kier molecular flexibility index (Phi) is 6.84. The highest BCUT2D eigenvalue weighted by molar-refractivity contribution is 5.79. The van der Waals surface area contributed by atoms with Crippen molar-refractivity contribution in [3.05, 3.63) is 12.3 Å². The molecular weight excluding hydrogens is 182 g/mol. The molecule has 0 spiro atoms. The Balaban J connectivity index is 3.72. The second-order valence-corrected chi connectivity index (χ2v) is 3.22. The molecule has 0 aromatic heterocycles. The molecule has 0 bridgehead atoms. The van der Waals surface area contributed by atoms with Crippen LogP contribution in [0.15, 0.2) is 12.3 Å². The summed E-state index contributed by atoms with van der Waals surface area (Å²) < 4.78 is 0. The van der Waals surface area contributed by atoms with Crippen molar-refractivity contribution >= 4 is 5.97 Å². The molecule has 0 aliphatic heterocycles. The van der Waals surface area contributed by atoms with Crippen LogP contribution >= 0.6 is 0 Å². The number of hydrogen-bond donors (Lipinski definition) is 3. The summed E-state index contributed by atoms with van der Waals surface area (Å²) in [6, 6.07) is 0. The molecule has 4 nitrogen and oxygen atoms in total. The summed E-state index contributed by atoms with van der Waals surface area (Å²) in [4.78, 5) is 10.1. The van der Waals surface area contributed by atoms with Gasteiger partial charge in [0.25, 0.3) is 0 Å². The van der Waals surface area contributed by atoms with Gasteiger partial charge in [-0.1, -0.05) is 26.7 Å². The first-order valence-electron chi connectivity index (χ1n) is 4.92. The standard InChI is InChI=1S/C10H19NO3/c1-3-8(4-2)9(12)7-11-6-5-10(13)14/h5-6,8-9,11-12H,3-4,7H2,1-2H3,(H,13,14)/b6-5+. The lowest BCUT2D eigenvalue weighted by Gasteiger charge is -2.19. The number of carboxylic acids is 1. The summed E-state index contributed by atoms with van der Waals surface area (Å²) >= 11 is 0. The van der Waals surface area contributed by atoms with Crippen molar-refractivity contribution in [1.82, 2.24) is 5.32 Å². The minimum absolute atomic E-state index is 0.278. The molecule has 1 atom stereocenters. The zero-order valence-electron chi connectivity index (χ0n) is 8.73. The van der Waals surface area contributed by atoms with Gasteiger partial charge in [0, 0.05) is 18.8 Å². The van der Waals surface area contributed by atoms with E-state index < -0.39 is 12.1 Å². The zero-order chi connectivity index (χ0) is 11.0. The van der Waals surface area contributed by atoms with Crippen molar-refractivity contribution in [3.63, 3.8) is 0 Å². The molecule has 4 heteroatoms. The lowest BCUT2D eigenvalue weighted by molar-refractivity contribution is -0.131. The van der Waals surface area contributed by atoms with Crippen molar-refractivity contribution in [1.29, 1.82) is 0 Å². The van der Waals surface area contributed by atoms with Crippen molar-refractivity contribution in [2.24, 2.45) is 5.92 Å². The van der Waals surface area contributed by atoms with Crippen LogP contribution in [0.4, 0.5) is 0 Å². The molecular formula is C10H19NO3. The average Bonchev–Trinajstić information content (AvgIpc) is 2.14. The van der Waals surface area contributed by atoms with Gasteiger partial charge in [-0.3, -0.25) is 0 Å². The van der Waals surface area contributed by atoms with E-state index >= 15 is 0 Å². The van der Waals surface area contributed by atoms with Crippen molar-refractivity contribution < 1.29 is 15.0 Å². The van der Waals surface area contributed by atoms with Gasteiger partial charge in [-0.25, -0.2) is 4.79 Å². The number of carboxylic acid groups (broad SMARTS) is 1. The van der Waals surface area contributed by atoms with E-state index in [0.29, 0.717) is 6.54 Å². The fourth-order valence-corrected chi connectivity index (χ4v) is 1.32. The predicted octanol–water partition coefficient (Wildman–Crippen LogP) is 0.971. The summed E-state index contributed by atoms with van der Waals surface area (Å²) in [7, 11) is 0. The Morgan fingerprint density at radius 3 is 2.43 bits per heavy atom. The highest BCUT2D eigenvalue weighted by atomic mass is 16.4. The quantitative estimate of drug-likeness (QED) is 0.537. The third kappa shape index (κ3) is 5.59. The largest absolute Gasteiger partial charge is 0.478 e. The Bertz CT molecular complexity index is 188. The molecule has 0 fully saturated rings. The van der Waals surface area contributed by atoms with Crippen LogP contribution in [0, 0.1) is 5.92 Å². The Labute approximate surface area is 84.6 Å². The van der Waals surface area contributed by atoms with Gasteiger partial charge in [0.15, 0.2) is 0 Å². The van der Waals surface area contributed by atoms with Gasteiger partial charge in [-0.2, -0.15) is 0 Å². The van der Waals surface area contributed by atoms with E-state index in [1.54, 1.807) is 0 Å². The SMILES string of the molecule is CCC(CC)C(O)CN/C=C/C(=O)O. The first-order valence-corrected chi connectivity index (χ1v) is 4.92. The summed E-state index contributed by atoms with van der Waals surface area (Å²) in [6.07, 6.45) is 3.81. The first kappa shape index (κ1) is 13.0. The van der Waals surface area contributed by atoms with Crippen LogP contribution in [-0.2, 0) is 4.79 Å². The number of aliphatic hydroxyl groups is 1. The van der Waals surface area contributed by atoms with E-state index in [4.69, 9.17) is 5.11 Å². The average molecular weight is 201 g/mol. The van der Waals surface area contributed by atoms with Crippen molar-refractivity contribution in [2.75, 3.05) is 6.54 Å². The van der Waals surface area contributed by atoms with E-state index in [0.717, 1.165) is 18.9 Å². The molecule has 0 saturated carbocycles. The summed E-state index contributed by atoms with van der Waals surface area (Å²) in [6.45, 7) is 4.46. The highest BCUT2D eigenvalue weighted by Crippen LogP contribution is 2.11. The van der Waals surface area contributed by atoms with Crippen LogP contribution in [0.5, 0.6) is 0 Å². The Morgan fingerprint density at radius 2 is 2.00 bits per heavy atom. The molecule has 14 heavy (non-hydrogen) atoms. The molecule has 0 aliphatic carbocycles. The first-order chi connectivity index (χ1) is 6.61. The fourth-order valence-electron chi connectivity index (χ4n) is 1.32. The lowest BCUT2D eigenvalue weighted by atomic mass is 9.97. The molecule has 1 unspecified atom stereocenters. The third-order valence-corrected chi connectivity index (χ3v) is 2.26. The molecule has 0 radical (unpaired) electrons. The van der Waals surface area contributed by atoms with Crippen LogP contribution in [0.2, 0.25) is 0 Å². The van der Waals surface area contributed by atoms with Crippen LogP contribution < -0.4 is 5.32 Å². The van der Waals surface area contributed by atoms with Gasteiger partial charge in [0.05, 0.1) is 6.10 Å². The second-order valence-electron chi connectivity index (χ2n) is 3.22. The summed E-state index contributed by atoms with van der Waals surface area (Å²) in [5, 5.41) is 20.7. The highest BCUT2D eigenvalue weighted by Gasteiger charge is 2.13. The smallest absolute Gasteiger partial charge is 0.329 e. The van der Waals surface area contributed by atoms with Crippen LogP contribution in [0.25, 0.3) is 0 Å². The summed E-state index contributed by atoms with van der Waals surface area (Å²) in [5.74, 6) is -0.713. The fraction of sp³-hybridized carbons (Fsp3) is 0.700. The normalized spacial score (nSPS) is 13.4.